The minimum atomic E-state index is -0.619. The normalized spacial score (nSPS) is 10.0. The average molecular weight is 415 g/mol. The van der Waals surface area contributed by atoms with Crippen LogP contribution in [0.4, 0.5) is 8.78 Å². The van der Waals surface area contributed by atoms with Gasteiger partial charge in [0.2, 0.25) is 0 Å². The van der Waals surface area contributed by atoms with Crippen LogP contribution in [0.2, 0.25) is 0 Å². The van der Waals surface area contributed by atoms with Gasteiger partial charge in [-0.3, -0.25) is 20.4 Å². The molecule has 0 saturated heterocycles. The maximum absolute atomic E-state index is 12.9. The number of carbonyl (C=O) groups excluding carboxylic acids is 2. The van der Waals surface area contributed by atoms with Crippen molar-refractivity contribution >= 4 is 27.7 Å². The van der Waals surface area contributed by atoms with Gasteiger partial charge in [0.25, 0.3) is 11.8 Å². The van der Waals surface area contributed by atoms with Gasteiger partial charge in [0.1, 0.15) is 23.1 Å². The van der Waals surface area contributed by atoms with Gasteiger partial charge < -0.3 is 9.47 Å². The van der Waals surface area contributed by atoms with Crippen molar-refractivity contribution < 1.29 is 27.8 Å². The van der Waals surface area contributed by atoms with Crippen molar-refractivity contribution in [3.63, 3.8) is 0 Å². The summed E-state index contributed by atoms with van der Waals surface area (Å²) in [6, 6.07) is 8.88. The first-order valence-electron chi connectivity index (χ1n) is 6.98. The molecule has 9 heteroatoms. The van der Waals surface area contributed by atoms with Gasteiger partial charge in [-0.2, -0.15) is 0 Å². The van der Waals surface area contributed by atoms with E-state index in [2.05, 4.69) is 26.8 Å². The fourth-order valence-corrected chi connectivity index (χ4v) is 2.09. The maximum Gasteiger partial charge on any atom is 0.276 e. The molecule has 0 heterocycles. The van der Waals surface area contributed by atoms with Crippen LogP contribution in [0, 0.1) is 11.6 Å². The van der Waals surface area contributed by atoms with Gasteiger partial charge in [-0.25, -0.2) is 8.78 Å². The van der Waals surface area contributed by atoms with Gasteiger partial charge in [-0.05, 0) is 58.4 Å². The molecule has 2 amide bonds. The molecule has 0 aliphatic heterocycles. The predicted octanol–water partition coefficient (Wildman–Crippen LogP) is 2.33. The third-order valence-electron chi connectivity index (χ3n) is 2.78. The third-order valence-corrected chi connectivity index (χ3v) is 3.40. The number of carbonyl (C=O) groups is 2. The first kappa shape index (κ1) is 18.7. The van der Waals surface area contributed by atoms with Gasteiger partial charge in [0, 0.05) is 0 Å². The summed E-state index contributed by atoms with van der Waals surface area (Å²) in [5.74, 6) is -1.50. The topological polar surface area (TPSA) is 76.7 Å². The van der Waals surface area contributed by atoms with Gasteiger partial charge in [0.05, 0.1) is 4.47 Å². The number of benzene rings is 2. The highest BCUT2D eigenvalue weighted by atomic mass is 79.9. The highest BCUT2D eigenvalue weighted by Gasteiger charge is 2.08. The lowest BCUT2D eigenvalue weighted by Gasteiger charge is -2.10. The van der Waals surface area contributed by atoms with Crippen LogP contribution in [0.25, 0.3) is 0 Å². The number of halogens is 3. The first-order valence-corrected chi connectivity index (χ1v) is 7.77. The van der Waals surface area contributed by atoms with E-state index in [1.54, 1.807) is 0 Å². The first-order chi connectivity index (χ1) is 11.9. The molecule has 0 saturated carbocycles. The monoisotopic (exact) mass is 414 g/mol. The van der Waals surface area contributed by atoms with Crippen molar-refractivity contribution in [3.8, 4) is 11.5 Å². The van der Waals surface area contributed by atoms with Gasteiger partial charge >= 0.3 is 0 Å². The van der Waals surface area contributed by atoms with E-state index in [0.717, 1.165) is 0 Å². The molecule has 0 fully saturated rings. The van der Waals surface area contributed by atoms with Crippen molar-refractivity contribution in [3.05, 3.63) is 58.6 Å². The second kappa shape index (κ2) is 8.97. The van der Waals surface area contributed by atoms with E-state index in [-0.39, 0.29) is 19.0 Å². The molecule has 2 aromatic carbocycles. The van der Waals surface area contributed by atoms with Crippen LogP contribution in [0.5, 0.6) is 11.5 Å². The number of nitrogens with one attached hydrogen (secondary N) is 2. The van der Waals surface area contributed by atoms with E-state index in [0.29, 0.717) is 10.2 Å². The second-order valence-corrected chi connectivity index (χ2v) is 5.56. The quantitative estimate of drug-likeness (QED) is 0.711. The zero-order chi connectivity index (χ0) is 18.2. The molecule has 2 rings (SSSR count). The van der Waals surface area contributed by atoms with Crippen LogP contribution in [-0.4, -0.2) is 25.0 Å². The lowest BCUT2D eigenvalue weighted by atomic mass is 10.3. The Morgan fingerprint density at radius 1 is 0.880 bits per heavy atom. The summed E-state index contributed by atoms with van der Waals surface area (Å²) in [4.78, 5) is 23.1. The molecule has 2 aromatic rings. The van der Waals surface area contributed by atoms with Gasteiger partial charge in [-0.1, -0.05) is 0 Å². The van der Waals surface area contributed by atoms with Gasteiger partial charge in [-0.15, -0.1) is 0 Å². The summed E-state index contributed by atoms with van der Waals surface area (Å²) in [7, 11) is 0. The Kier molecular flexibility index (Phi) is 6.70. The van der Waals surface area contributed by atoms with E-state index in [1.807, 2.05) is 0 Å². The van der Waals surface area contributed by atoms with Crippen LogP contribution >= 0.6 is 15.9 Å². The molecule has 0 aliphatic rings. The Balaban J connectivity index is 1.68. The summed E-state index contributed by atoms with van der Waals surface area (Å²) < 4.78 is 36.3. The molecule has 6 nitrogen and oxygen atoms in total. The smallest absolute Gasteiger partial charge is 0.276 e. The molecule has 0 unspecified atom stereocenters. The molecule has 0 atom stereocenters. The van der Waals surface area contributed by atoms with Crippen molar-refractivity contribution in [1.29, 1.82) is 0 Å². The molecule has 0 spiro atoms. The molecule has 0 radical (unpaired) electrons. The highest BCUT2D eigenvalue weighted by molar-refractivity contribution is 9.10. The zero-order valence-corrected chi connectivity index (χ0v) is 14.3. The van der Waals surface area contributed by atoms with Crippen LogP contribution < -0.4 is 20.3 Å². The Morgan fingerprint density at radius 3 is 2.04 bits per heavy atom. The fraction of sp³-hybridized carbons (Fsp3) is 0.125. The standard InChI is InChI=1S/C16H13BrF2N2O4/c17-13-7-11(19)3-6-14(13)25-9-16(23)21-20-15(22)8-24-12-4-1-10(18)2-5-12/h1-7H,8-9H2,(H,20,22)(H,21,23). The molecule has 2 N–H and O–H groups in total. The van der Waals surface area contributed by atoms with E-state index >= 15 is 0 Å². The number of hydrazine groups is 1. The Bertz CT molecular complexity index is 756. The largest absolute Gasteiger partial charge is 0.484 e. The van der Waals surface area contributed by atoms with Gasteiger partial charge in [0.15, 0.2) is 13.2 Å². The van der Waals surface area contributed by atoms with Crippen LogP contribution in [0.15, 0.2) is 46.9 Å². The van der Waals surface area contributed by atoms with Crippen LogP contribution in [0.1, 0.15) is 0 Å². The second-order valence-electron chi connectivity index (χ2n) is 4.70. The molecular formula is C16H13BrF2N2O4. The van der Waals surface area contributed by atoms with E-state index in [9.17, 15) is 18.4 Å². The highest BCUT2D eigenvalue weighted by Crippen LogP contribution is 2.25. The Morgan fingerprint density at radius 2 is 1.44 bits per heavy atom. The number of amides is 2. The summed E-state index contributed by atoms with van der Waals surface area (Å²) >= 11 is 3.10. The zero-order valence-electron chi connectivity index (χ0n) is 12.7. The van der Waals surface area contributed by atoms with E-state index < -0.39 is 23.4 Å². The minimum Gasteiger partial charge on any atom is -0.484 e. The SMILES string of the molecule is O=C(COc1ccc(F)cc1)NNC(=O)COc1ccc(F)cc1Br. The minimum absolute atomic E-state index is 0.280. The Hall–Kier alpha value is -2.68. The number of rotatable bonds is 6. The molecule has 0 aliphatic carbocycles. The third kappa shape index (κ3) is 6.38. The van der Waals surface area contributed by atoms with E-state index in [4.69, 9.17) is 9.47 Å². The van der Waals surface area contributed by atoms with Crippen LogP contribution in [0.3, 0.4) is 0 Å². The molecule has 132 valence electrons. The number of ether oxygens (including phenoxy) is 2. The fourth-order valence-electron chi connectivity index (χ4n) is 1.63. The summed E-state index contributed by atoms with van der Waals surface area (Å²) in [5.41, 5.74) is 4.27. The summed E-state index contributed by atoms with van der Waals surface area (Å²) in [5, 5.41) is 0. The number of hydrogen-bond acceptors (Lipinski definition) is 4. The molecule has 0 aromatic heterocycles. The summed E-state index contributed by atoms with van der Waals surface area (Å²) in [6.07, 6.45) is 0. The lowest BCUT2D eigenvalue weighted by molar-refractivity contribution is -0.131. The van der Waals surface area contributed by atoms with Crippen molar-refractivity contribution in [1.82, 2.24) is 10.9 Å². The maximum atomic E-state index is 12.9. The van der Waals surface area contributed by atoms with Crippen molar-refractivity contribution in [2.45, 2.75) is 0 Å². The molecular weight excluding hydrogens is 402 g/mol. The molecule has 25 heavy (non-hydrogen) atoms. The van der Waals surface area contributed by atoms with Crippen molar-refractivity contribution in [2.24, 2.45) is 0 Å². The molecule has 0 bridgehead atoms. The summed E-state index contributed by atoms with van der Waals surface area (Å²) in [6.45, 7) is -0.750. The Labute approximate surface area is 150 Å². The van der Waals surface area contributed by atoms with E-state index in [1.165, 1.54) is 42.5 Å². The average Bonchev–Trinajstić information content (AvgIpc) is 2.58. The predicted molar refractivity (Wildman–Crippen MR) is 87.8 cm³/mol. The van der Waals surface area contributed by atoms with Crippen molar-refractivity contribution in [2.75, 3.05) is 13.2 Å². The van der Waals surface area contributed by atoms with Crippen LogP contribution in [-0.2, 0) is 9.59 Å². The number of hydrogen-bond donors (Lipinski definition) is 2. The lowest BCUT2D eigenvalue weighted by Crippen LogP contribution is -2.45.